The standard InChI is InChI=1S/C24H16Cl2N2O2/c25-18-6-1-15(2-7-18)21-14-20(17-5-10-22-23(13-17)30-12-11-29-22)24(28-27-21)16-3-8-19(26)9-4-16/h1-10,13-14H,11-12H2. The van der Waals surface area contributed by atoms with Crippen LogP contribution < -0.4 is 9.47 Å². The predicted molar refractivity (Wildman–Crippen MR) is 119 cm³/mol. The third kappa shape index (κ3) is 3.72. The Morgan fingerprint density at radius 3 is 1.90 bits per heavy atom. The minimum atomic E-state index is 0.533. The highest BCUT2D eigenvalue weighted by molar-refractivity contribution is 6.30. The number of aromatic nitrogens is 2. The number of hydrogen-bond acceptors (Lipinski definition) is 4. The van der Waals surface area contributed by atoms with Crippen molar-refractivity contribution < 1.29 is 9.47 Å². The number of nitrogens with zero attached hydrogens (tertiary/aromatic N) is 2. The molecule has 1 aliphatic heterocycles. The van der Waals surface area contributed by atoms with Crippen LogP contribution in [0.15, 0.2) is 72.8 Å². The molecule has 0 atom stereocenters. The van der Waals surface area contributed by atoms with E-state index in [-0.39, 0.29) is 0 Å². The minimum Gasteiger partial charge on any atom is -0.486 e. The molecule has 4 aromatic rings. The second kappa shape index (κ2) is 7.98. The first-order valence-electron chi connectivity index (χ1n) is 9.47. The van der Waals surface area contributed by atoms with E-state index in [9.17, 15) is 0 Å². The molecule has 4 nitrogen and oxygen atoms in total. The summed E-state index contributed by atoms with van der Waals surface area (Å²) in [5.74, 6) is 1.48. The summed E-state index contributed by atoms with van der Waals surface area (Å²) in [6.07, 6.45) is 0. The van der Waals surface area contributed by atoms with Crippen LogP contribution in [0.2, 0.25) is 10.0 Å². The molecule has 0 N–H and O–H groups in total. The number of benzene rings is 3. The molecule has 0 radical (unpaired) electrons. The fourth-order valence-corrected chi connectivity index (χ4v) is 3.66. The number of rotatable bonds is 3. The van der Waals surface area contributed by atoms with Gasteiger partial charge in [0, 0.05) is 26.7 Å². The second-order valence-corrected chi connectivity index (χ2v) is 7.74. The Morgan fingerprint density at radius 2 is 1.20 bits per heavy atom. The topological polar surface area (TPSA) is 44.2 Å². The minimum absolute atomic E-state index is 0.533. The molecule has 0 aliphatic carbocycles. The van der Waals surface area contributed by atoms with Crippen LogP contribution in [0.1, 0.15) is 0 Å². The van der Waals surface area contributed by atoms with E-state index in [4.69, 9.17) is 32.7 Å². The van der Waals surface area contributed by atoms with Crippen LogP contribution in [0.4, 0.5) is 0 Å². The second-order valence-electron chi connectivity index (χ2n) is 6.86. The van der Waals surface area contributed by atoms with Gasteiger partial charge in [-0.25, -0.2) is 0 Å². The van der Waals surface area contributed by atoms with Crippen LogP contribution in [-0.2, 0) is 0 Å². The Hall–Kier alpha value is -3.08. The predicted octanol–water partition coefficient (Wildman–Crippen LogP) is 6.56. The molecule has 0 saturated heterocycles. The molecule has 5 rings (SSSR count). The maximum atomic E-state index is 6.08. The first-order valence-corrected chi connectivity index (χ1v) is 10.2. The summed E-state index contributed by atoms with van der Waals surface area (Å²) in [6.45, 7) is 1.09. The summed E-state index contributed by atoms with van der Waals surface area (Å²) in [7, 11) is 0. The van der Waals surface area contributed by atoms with Gasteiger partial charge < -0.3 is 9.47 Å². The van der Waals surface area contributed by atoms with Crippen LogP contribution in [0.25, 0.3) is 33.6 Å². The lowest BCUT2D eigenvalue weighted by atomic mass is 9.97. The van der Waals surface area contributed by atoms with E-state index < -0.39 is 0 Å². The maximum absolute atomic E-state index is 6.08. The zero-order valence-corrected chi connectivity index (χ0v) is 17.3. The molecule has 0 bridgehead atoms. The number of ether oxygens (including phenoxy) is 2. The molecule has 148 valence electrons. The summed E-state index contributed by atoms with van der Waals surface area (Å²) in [4.78, 5) is 0. The van der Waals surface area contributed by atoms with Gasteiger partial charge in [-0.2, -0.15) is 0 Å². The molecular formula is C24H16Cl2N2O2. The smallest absolute Gasteiger partial charge is 0.161 e. The van der Waals surface area contributed by atoms with Gasteiger partial charge in [-0.05, 0) is 48.0 Å². The Kier molecular flexibility index (Phi) is 5.03. The van der Waals surface area contributed by atoms with Gasteiger partial charge in [-0.1, -0.05) is 53.5 Å². The zero-order chi connectivity index (χ0) is 20.5. The number of halogens is 2. The van der Waals surface area contributed by atoms with Crippen LogP contribution in [0.5, 0.6) is 11.5 Å². The van der Waals surface area contributed by atoms with Crippen molar-refractivity contribution in [2.45, 2.75) is 0 Å². The number of fused-ring (bicyclic) bond motifs is 1. The van der Waals surface area contributed by atoms with Crippen LogP contribution in [-0.4, -0.2) is 23.4 Å². The Bertz CT molecular complexity index is 1210. The lowest BCUT2D eigenvalue weighted by molar-refractivity contribution is 0.171. The summed E-state index contributed by atoms with van der Waals surface area (Å²) in [5, 5.41) is 10.4. The molecule has 0 fully saturated rings. The molecule has 0 saturated carbocycles. The van der Waals surface area contributed by atoms with Gasteiger partial charge in [0.05, 0.1) is 5.69 Å². The highest BCUT2D eigenvalue weighted by Crippen LogP contribution is 2.38. The highest BCUT2D eigenvalue weighted by atomic mass is 35.5. The van der Waals surface area contributed by atoms with E-state index in [1.165, 1.54) is 0 Å². The number of hydrogen-bond donors (Lipinski definition) is 0. The summed E-state index contributed by atoms with van der Waals surface area (Å²) in [6, 6.07) is 23.1. The average Bonchev–Trinajstić information content (AvgIpc) is 2.79. The van der Waals surface area contributed by atoms with Gasteiger partial charge in [0.25, 0.3) is 0 Å². The summed E-state index contributed by atoms with van der Waals surface area (Å²) in [5.41, 5.74) is 5.30. The molecule has 0 spiro atoms. The molecular weight excluding hydrogens is 419 g/mol. The zero-order valence-electron chi connectivity index (χ0n) is 15.8. The van der Waals surface area contributed by atoms with Crippen molar-refractivity contribution in [2.75, 3.05) is 13.2 Å². The molecule has 0 amide bonds. The maximum Gasteiger partial charge on any atom is 0.161 e. The normalized spacial score (nSPS) is 12.6. The highest BCUT2D eigenvalue weighted by Gasteiger charge is 2.17. The van der Waals surface area contributed by atoms with Gasteiger partial charge in [-0.3, -0.25) is 0 Å². The van der Waals surface area contributed by atoms with E-state index in [0.717, 1.165) is 45.1 Å². The third-order valence-electron chi connectivity index (χ3n) is 4.90. The van der Waals surface area contributed by atoms with Crippen molar-refractivity contribution in [3.05, 3.63) is 82.8 Å². The van der Waals surface area contributed by atoms with Crippen LogP contribution in [0.3, 0.4) is 0 Å². The quantitative estimate of drug-likeness (QED) is 0.366. The lowest BCUT2D eigenvalue weighted by Gasteiger charge is -2.19. The summed E-state index contributed by atoms with van der Waals surface area (Å²) < 4.78 is 11.4. The fraction of sp³-hybridized carbons (Fsp3) is 0.0833. The molecule has 6 heteroatoms. The van der Waals surface area contributed by atoms with E-state index in [1.807, 2.05) is 72.8 Å². The molecule has 1 aromatic heterocycles. The summed E-state index contributed by atoms with van der Waals surface area (Å²) >= 11 is 12.1. The fourth-order valence-electron chi connectivity index (χ4n) is 3.41. The van der Waals surface area contributed by atoms with Gasteiger partial charge >= 0.3 is 0 Å². The van der Waals surface area contributed by atoms with Crippen molar-refractivity contribution in [2.24, 2.45) is 0 Å². The monoisotopic (exact) mass is 434 g/mol. The molecule has 0 unspecified atom stereocenters. The molecule has 30 heavy (non-hydrogen) atoms. The van der Waals surface area contributed by atoms with Crippen molar-refractivity contribution in [3.63, 3.8) is 0 Å². The van der Waals surface area contributed by atoms with Crippen LogP contribution >= 0.6 is 23.2 Å². The molecule has 3 aromatic carbocycles. The molecule has 1 aliphatic rings. The van der Waals surface area contributed by atoms with E-state index >= 15 is 0 Å². The van der Waals surface area contributed by atoms with Gasteiger partial charge in [0.1, 0.15) is 18.9 Å². The van der Waals surface area contributed by atoms with Crippen molar-refractivity contribution in [1.82, 2.24) is 10.2 Å². The van der Waals surface area contributed by atoms with Gasteiger partial charge in [0.15, 0.2) is 11.5 Å². The van der Waals surface area contributed by atoms with Crippen molar-refractivity contribution >= 4 is 23.2 Å². The van der Waals surface area contributed by atoms with E-state index in [1.54, 1.807) is 0 Å². The van der Waals surface area contributed by atoms with E-state index in [2.05, 4.69) is 10.2 Å². The average molecular weight is 435 g/mol. The molecule has 2 heterocycles. The lowest BCUT2D eigenvalue weighted by Crippen LogP contribution is -2.15. The SMILES string of the molecule is Clc1ccc(-c2cc(-c3ccc4c(c3)OCCO4)c(-c3ccc(Cl)cc3)nn2)cc1. The third-order valence-corrected chi connectivity index (χ3v) is 5.41. The Balaban J connectivity index is 1.67. The van der Waals surface area contributed by atoms with Crippen molar-refractivity contribution in [3.8, 4) is 45.1 Å². The van der Waals surface area contributed by atoms with Crippen LogP contribution in [0, 0.1) is 0 Å². The first-order chi connectivity index (χ1) is 14.7. The largest absolute Gasteiger partial charge is 0.486 e. The Morgan fingerprint density at radius 1 is 0.600 bits per heavy atom. The Labute approximate surface area is 184 Å². The first kappa shape index (κ1) is 18.9. The van der Waals surface area contributed by atoms with Gasteiger partial charge in [0.2, 0.25) is 0 Å². The van der Waals surface area contributed by atoms with Crippen molar-refractivity contribution in [1.29, 1.82) is 0 Å². The van der Waals surface area contributed by atoms with Gasteiger partial charge in [-0.15, -0.1) is 10.2 Å². The van der Waals surface area contributed by atoms with E-state index in [0.29, 0.717) is 23.3 Å².